The van der Waals surface area contributed by atoms with Gasteiger partial charge in [0.25, 0.3) is 0 Å². The summed E-state index contributed by atoms with van der Waals surface area (Å²) in [6.07, 6.45) is 4.72. The van der Waals surface area contributed by atoms with Gasteiger partial charge in [0.05, 0.1) is 10.7 Å². The SMILES string of the molecule is Oc1ccc(Br)cc1C=NNc1ncc(Br)cn1. The topological polar surface area (TPSA) is 70.4 Å². The molecule has 0 saturated heterocycles. The van der Waals surface area contributed by atoms with Gasteiger partial charge in [-0.2, -0.15) is 5.10 Å². The van der Waals surface area contributed by atoms with Crippen molar-refractivity contribution in [2.45, 2.75) is 0 Å². The molecule has 1 heterocycles. The summed E-state index contributed by atoms with van der Waals surface area (Å²) in [5.74, 6) is 0.532. The minimum absolute atomic E-state index is 0.153. The van der Waals surface area contributed by atoms with E-state index in [1.807, 2.05) is 0 Å². The van der Waals surface area contributed by atoms with E-state index >= 15 is 0 Å². The normalized spacial score (nSPS) is 10.8. The van der Waals surface area contributed by atoms with Crippen LogP contribution in [0.5, 0.6) is 5.75 Å². The molecule has 0 bridgehead atoms. The third-order valence-electron chi connectivity index (χ3n) is 1.98. The Hall–Kier alpha value is -1.47. The van der Waals surface area contributed by atoms with E-state index in [1.165, 1.54) is 6.21 Å². The van der Waals surface area contributed by atoms with Crippen LogP contribution in [0.15, 0.2) is 44.6 Å². The van der Waals surface area contributed by atoms with Crippen LogP contribution in [-0.4, -0.2) is 21.3 Å². The van der Waals surface area contributed by atoms with Crippen molar-refractivity contribution in [3.05, 3.63) is 45.1 Å². The van der Waals surface area contributed by atoms with Crippen molar-refractivity contribution in [3.8, 4) is 5.75 Å². The van der Waals surface area contributed by atoms with E-state index in [9.17, 15) is 5.11 Å². The van der Waals surface area contributed by atoms with Crippen molar-refractivity contribution < 1.29 is 5.11 Å². The van der Waals surface area contributed by atoms with Crippen molar-refractivity contribution in [1.82, 2.24) is 9.97 Å². The van der Waals surface area contributed by atoms with E-state index < -0.39 is 0 Å². The third kappa shape index (κ3) is 3.51. The zero-order valence-electron chi connectivity index (χ0n) is 9.01. The fourth-order valence-electron chi connectivity index (χ4n) is 1.16. The lowest BCUT2D eigenvalue weighted by Crippen LogP contribution is -1.96. The number of nitrogens with zero attached hydrogens (tertiary/aromatic N) is 3. The molecule has 18 heavy (non-hydrogen) atoms. The maximum atomic E-state index is 9.59. The van der Waals surface area contributed by atoms with E-state index in [2.05, 4.69) is 52.4 Å². The lowest BCUT2D eigenvalue weighted by atomic mass is 10.2. The standard InChI is InChI=1S/C11H8Br2N4O/c12-8-1-2-10(18)7(3-8)4-16-17-11-14-5-9(13)6-15-11/h1-6,18H,(H,14,15,17). The Labute approximate surface area is 120 Å². The minimum atomic E-state index is 0.153. The van der Waals surface area contributed by atoms with Gasteiger partial charge in [0.1, 0.15) is 5.75 Å². The average Bonchev–Trinajstić information content (AvgIpc) is 2.36. The Morgan fingerprint density at radius 2 is 1.89 bits per heavy atom. The maximum Gasteiger partial charge on any atom is 0.243 e. The van der Waals surface area contributed by atoms with E-state index in [0.717, 1.165) is 8.95 Å². The number of phenols is 1. The van der Waals surface area contributed by atoms with Gasteiger partial charge >= 0.3 is 0 Å². The van der Waals surface area contributed by atoms with Crippen LogP contribution in [-0.2, 0) is 0 Å². The molecule has 7 heteroatoms. The quantitative estimate of drug-likeness (QED) is 0.642. The van der Waals surface area contributed by atoms with Crippen LogP contribution < -0.4 is 5.43 Å². The van der Waals surface area contributed by atoms with Gasteiger partial charge < -0.3 is 5.11 Å². The van der Waals surface area contributed by atoms with E-state index in [4.69, 9.17) is 0 Å². The van der Waals surface area contributed by atoms with Gasteiger partial charge in [-0.25, -0.2) is 15.4 Å². The highest BCUT2D eigenvalue weighted by atomic mass is 79.9. The van der Waals surface area contributed by atoms with Crippen LogP contribution in [0.1, 0.15) is 5.56 Å². The monoisotopic (exact) mass is 370 g/mol. The summed E-state index contributed by atoms with van der Waals surface area (Å²) in [5.41, 5.74) is 3.26. The first-order chi connectivity index (χ1) is 8.65. The summed E-state index contributed by atoms with van der Waals surface area (Å²) in [7, 11) is 0. The molecule has 2 N–H and O–H groups in total. The number of hydrogen-bond donors (Lipinski definition) is 2. The Morgan fingerprint density at radius 3 is 2.61 bits per heavy atom. The molecule has 1 aromatic carbocycles. The molecule has 5 nitrogen and oxygen atoms in total. The molecule has 0 unspecified atom stereocenters. The number of nitrogens with one attached hydrogen (secondary N) is 1. The second-order valence-electron chi connectivity index (χ2n) is 3.30. The zero-order chi connectivity index (χ0) is 13.0. The average molecular weight is 372 g/mol. The predicted molar refractivity (Wildman–Crippen MR) is 76.8 cm³/mol. The number of halogens is 2. The predicted octanol–water partition coefficient (Wildman–Crippen LogP) is 3.15. The maximum absolute atomic E-state index is 9.59. The first-order valence-corrected chi connectivity index (χ1v) is 6.49. The molecule has 0 saturated carbocycles. The van der Waals surface area contributed by atoms with Crippen LogP contribution in [0.3, 0.4) is 0 Å². The van der Waals surface area contributed by atoms with Crippen LogP contribution in [0.25, 0.3) is 0 Å². The molecule has 0 aliphatic carbocycles. The number of phenolic OH excluding ortho intramolecular Hbond substituents is 1. The van der Waals surface area contributed by atoms with Gasteiger partial charge in [-0.1, -0.05) is 15.9 Å². The molecule has 0 radical (unpaired) electrons. The highest BCUT2D eigenvalue weighted by Gasteiger charge is 1.98. The second-order valence-corrected chi connectivity index (χ2v) is 5.13. The van der Waals surface area contributed by atoms with Crippen molar-refractivity contribution in [2.24, 2.45) is 5.10 Å². The molecule has 0 aliphatic rings. The summed E-state index contributed by atoms with van der Waals surface area (Å²) in [6, 6.07) is 5.09. The van der Waals surface area contributed by atoms with Gasteiger partial charge in [0.2, 0.25) is 5.95 Å². The van der Waals surface area contributed by atoms with E-state index in [-0.39, 0.29) is 5.75 Å². The van der Waals surface area contributed by atoms with E-state index in [0.29, 0.717) is 11.5 Å². The first kappa shape index (κ1) is 13.0. The molecule has 2 rings (SSSR count). The third-order valence-corrected chi connectivity index (χ3v) is 2.88. The summed E-state index contributed by atoms with van der Waals surface area (Å²) in [5, 5.41) is 13.5. The van der Waals surface area contributed by atoms with Gasteiger partial charge in [-0.05, 0) is 34.1 Å². The molecule has 1 aromatic heterocycles. The van der Waals surface area contributed by atoms with Gasteiger partial charge in [-0.15, -0.1) is 0 Å². The molecule has 0 fully saturated rings. The number of anilines is 1. The number of rotatable bonds is 3. The van der Waals surface area contributed by atoms with Crippen LogP contribution >= 0.6 is 31.9 Å². The number of aromatic nitrogens is 2. The molecular formula is C11H8Br2N4O. The fourth-order valence-corrected chi connectivity index (χ4v) is 1.74. The Bertz CT molecular complexity index is 572. The Morgan fingerprint density at radius 1 is 1.17 bits per heavy atom. The van der Waals surface area contributed by atoms with Crippen LogP contribution in [0.4, 0.5) is 5.95 Å². The molecule has 92 valence electrons. The highest BCUT2D eigenvalue weighted by Crippen LogP contribution is 2.20. The first-order valence-electron chi connectivity index (χ1n) is 4.90. The molecule has 2 aromatic rings. The number of aromatic hydroxyl groups is 1. The lowest BCUT2D eigenvalue weighted by Gasteiger charge is -2.00. The fraction of sp³-hybridized carbons (Fsp3) is 0. The van der Waals surface area contributed by atoms with Crippen molar-refractivity contribution in [2.75, 3.05) is 5.43 Å². The van der Waals surface area contributed by atoms with Gasteiger partial charge in [0.15, 0.2) is 0 Å². The van der Waals surface area contributed by atoms with E-state index in [1.54, 1.807) is 30.6 Å². The second kappa shape index (κ2) is 5.92. The smallest absolute Gasteiger partial charge is 0.243 e. The summed E-state index contributed by atoms with van der Waals surface area (Å²) in [6.45, 7) is 0. The molecule has 0 amide bonds. The van der Waals surface area contributed by atoms with Crippen molar-refractivity contribution in [1.29, 1.82) is 0 Å². The summed E-state index contributed by atoms with van der Waals surface area (Å²) < 4.78 is 1.66. The lowest BCUT2D eigenvalue weighted by molar-refractivity contribution is 0.474. The number of hydrazone groups is 1. The highest BCUT2D eigenvalue weighted by molar-refractivity contribution is 9.10. The number of hydrogen-bond acceptors (Lipinski definition) is 5. The summed E-state index contributed by atoms with van der Waals surface area (Å²) >= 11 is 6.56. The van der Waals surface area contributed by atoms with Crippen molar-refractivity contribution >= 4 is 44.0 Å². The molecule has 0 aliphatic heterocycles. The van der Waals surface area contributed by atoms with Crippen molar-refractivity contribution in [3.63, 3.8) is 0 Å². The largest absolute Gasteiger partial charge is 0.507 e. The summed E-state index contributed by atoms with van der Waals surface area (Å²) in [4.78, 5) is 7.99. The molecular weight excluding hydrogens is 364 g/mol. The Balaban J connectivity index is 2.07. The van der Waals surface area contributed by atoms with Gasteiger partial charge in [-0.3, -0.25) is 0 Å². The van der Waals surface area contributed by atoms with Crippen LogP contribution in [0, 0.1) is 0 Å². The minimum Gasteiger partial charge on any atom is -0.507 e. The molecule has 0 atom stereocenters. The van der Waals surface area contributed by atoms with Gasteiger partial charge in [0, 0.05) is 22.4 Å². The number of benzene rings is 1. The zero-order valence-corrected chi connectivity index (χ0v) is 12.2. The Kier molecular flexibility index (Phi) is 4.27. The molecule has 0 spiro atoms. The van der Waals surface area contributed by atoms with Crippen LogP contribution in [0.2, 0.25) is 0 Å².